The molecule has 180 valence electrons. The third kappa shape index (κ3) is 6.15. The fourth-order valence-electron chi connectivity index (χ4n) is 4.37. The Morgan fingerprint density at radius 2 is 1.60 bits per heavy atom. The summed E-state index contributed by atoms with van der Waals surface area (Å²) in [5, 5.41) is 20.0. The van der Waals surface area contributed by atoms with Crippen molar-refractivity contribution in [1.82, 2.24) is 0 Å². The quantitative estimate of drug-likeness (QED) is 0.182. The molecule has 0 atom stereocenters. The summed E-state index contributed by atoms with van der Waals surface area (Å²) in [7, 11) is 1.87. The lowest BCUT2D eigenvalue weighted by molar-refractivity contribution is -0.131. The molecule has 3 N–H and O–H groups in total. The van der Waals surface area contributed by atoms with E-state index >= 15 is 0 Å². The van der Waals surface area contributed by atoms with Crippen LogP contribution in [-0.2, 0) is 4.79 Å². The molecule has 0 aliphatic heterocycles. The van der Waals surface area contributed by atoms with E-state index in [1.165, 1.54) is 42.2 Å². The van der Waals surface area contributed by atoms with Gasteiger partial charge in [0.05, 0.1) is 0 Å². The van der Waals surface area contributed by atoms with Crippen LogP contribution in [0.25, 0.3) is 17.2 Å². The van der Waals surface area contributed by atoms with E-state index in [-0.39, 0.29) is 0 Å². The van der Waals surface area contributed by atoms with Crippen LogP contribution in [0.1, 0.15) is 60.9 Å². The number of benzene rings is 3. The van der Waals surface area contributed by atoms with E-state index in [4.69, 9.17) is 10.5 Å². The zero-order valence-electron chi connectivity index (χ0n) is 20.7. The molecular formula is C31H34N2O2. The predicted octanol–water partition coefficient (Wildman–Crippen LogP) is 7.61. The van der Waals surface area contributed by atoms with E-state index in [9.17, 15) is 4.79 Å². The van der Waals surface area contributed by atoms with Gasteiger partial charge in [-0.1, -0.05) is 80.9 Å². The van der Waals surface area contributed by atoms with Crippen LogP contribution in [0.15, 0.2) is 78.9 Å². The zero-order valence-corrected chi connectivity index (χ0v) is 20.7. The third-order valence-corrected chi connectivity index (χ3v) is 6.25. The van der Waals surface area contributed by atoms with Crippen molar-refractivity contribution in [2.24, 2.45) is 5.92 Å². The van der Waals surface area contributed by atoms with Gasteiger partial charge in [-0.25, -0.2) is 4.79 Å². The Labute approximate surface area is 208 Å². The molecule has 0 amide bonds. The molecule has 0 heterocycles. The molecule has 0 unspecified atom stereocenters. The smallest absolute Gasteiger partial charge is 0.328 e. The van der Waals surface area contributed by atoms with E-state index in [0.29, 0.717) is 5.92 Å². The number of hydrogen-bond donors (Lipinski definition) is 3. The second-order valence-electron chi connectivity index (χ2n) is 8.27. The van der Waals surface area contributed by atoms with Crippen molar-refractivity contribution in [2.45, 2.75) is 33.1 Å². The normalized spacial score (nSPS) is 13.8. The van der Waals surface area contributed by atoms with E-state index in [1.807, 2.05) is 45.2 Å². The molecule has 4 rings (SSSR count). The van der Waals surface area contributed by atoms with Crippen LogP contribution in [-0.4, -0.2) is 24.3 Å². The van der Waals surface area contributed by atoms with Gasteiger partial charge < -0.3 is 15.8 Å². The Morgan fingerprint density at radius 3 is 2.14 bits per heavy atom. The summed E-state index contributed by atoms with van der Waals surface area (Å²) in [6, 6.07) is 24.8. The second-order valence-corrected chi connectivity index (χ2v) is 8.27. The van der Waals surface area contributed by atoms with Gasteiger partial charge in [0.15, 0.2) is 0 Å². The lowest BCUT2D eigenvalue weighted by atomic mass is 9.73. The van der Waals surface area contributed by atoms with Crippen LogP contribution >= 0.6 is 0 Å². The predicted molar refractivity (Wildman–Crippen MR) is 148 cm³/mol. The largest absolute Gasteiger partial charge is 0.478 e. The molecule has 1 fully saturated rings. The average molecular weight is 467 g/mol. The molecule has 4 heteroatoms. The number of hydrogen-bond acceptors (Lipinski definition) is 3. The van der Waals surface area contributed by atoms with Gasteiger partial charge in [-0.2, -0.15) is 0 Å². The van der Waals surface area contributed by atoms with Crippen LogP contribution in [0.3, 0.4) is 0 Å². The van der Waals surface area contributed by atoms with Crippen LogP contribution in [0.2, 0.25) is 0 Å². The first-order valence-electron chi connectivity index (χ1n) is 12.2. The summed E-state index contributed by atoms with van der Waals surface area (Å²) >= 11 is 0. The number of allylic oxidation sites excluding steroid dienone is 1. The summed E-state index contributed by atoms with van der Waals surface area (Å²) in [6.07, 6.45) is 7.71. The van der Waals surface area contributed by atoms with Gasteiger partial charge >= 0.3 is 5.97 Å². The third-order valence-electron chi connectivity index (χ3n) is 6.25. The van der Waals surface area contributed by atoms with E-state index in [2.05, 4.69) is 53.8 Å². The minimum absolute atomic E-state index is 0.487. The number of carboxylic acid groups (broad SMARTS) is 1. The van der Waals surface area contributed by atoms with Crippen molar-refractivity contribution >= 4 is 35.1 Å². The SMILES string of the molecule is CC.CNc1ccc(/C(=C(/c2ccccc2)C2CCC2)c2ccc(/C=C/C(=O)O)cc2)cc1C=N. The first kappa shape index (κ1) is 25.7. The van der Waals surface area contributed by atoms with Crippen molar-refractivity contribution in [2.75, 3.05) is 12.4 Å². The fraction of sp³-hybridized carbons (Fsp3) is 0.226. The number of nitrogens with one attached hydrogen (secondary N) is 2. The first-order valence-corrected chi connectivity index (χ1v) is 12.2. The fourth-order valence-corrected chi connectivity index (χ4v) is 4.37. The molecule has 35 heavy (non-hydrogen) atoms. The number of aliphatic carboxylic acids is 1. The van der Waals surface area contributed by atoms with Crippen molar-refractivity contribution in [3.8, 4) is 0 Å². The highest BCUT2D eigenvalue weighted by Crippen LogP contribution is 2.45. The molecule has 0 saturated heterocycles. The van der Waals surface area contributed by atoms with Gasteiger partial charge in [0.25, 0.3) is 0 Å². The molecule has 1 aliphatic carbocycles. The Kier molecular flexibility index (Phi) is 9.19. The highest BCUT2D eigenvalue weighted by Gasteiger charge is 2.27. The lowest BCUT2D eigenvalue weighted by Gasteiger charge is -2.32. The van der Waals surface area contributed by atoms with Crippen LogP contribution < -0.4 is 5.32 Å². The minimum Gasteiger partial charge on any atom is -0.478 e. The maximum atomic E-state index is 10.9. The van der Waals surface area contributed by atoms with Gasteiger partial charge in [-0.05, 0) is 70.4 Å². The summed E-state index contributed by atoms with van der Waals surface area (Å²) in [5.41, 5.74) is 8.50. The summed E-state index contributed by atoms with van der Waals surface area (Å²) in [5.74, 6) is -0.471. The van der Waals surface area contributed by atoms with Gasteiger partial charge in [-0.3, -0.25) is 0 Å². The topological polar surface area (TPSA) is 73.2 Å². The van der Waals surface area contributed by atoms with Gasteiger partial charge in [-0.15, -0.1) is 0 Å². The van der Waals surface area contributed by atoms with Crippen LogP contribution in [0.5, 0.6) is 0 Å². The first-order chi connectivity index (χ1) is 17.1. The Morgan fingerprint density at radius 1 is 0.943 bits per heavy atom. The van der Waals surface area contributed by atoms with Crippen molar-refractivity contribution in [3.05, 3.63) is 107 Å². The molecule has 3 aromatic carbocycles. The van der Waals surface area contributed by atoms with Gasteiger partial charge in [0.1, 0.15) is 0 Å². The number of rotatable bonds is 8. The molecule has 0 bridgehead atoms. The molecule has 3 aromatic rings. The summed E-state index contributed by atoms with van der Waals surface area (Å²) in [6.45, 7) is 4.00. The number of carbonyl (C=O) groups is 1. The number of anilines is 1. The molecule has 1 saturated carbocycles. The molecule has 0 aromatic heterocycles. The van der Waals surface area contributed by atoms with Gasteiger partial charge in [0.2, 0.25) is 0 Å². The Balaban J connectivity index is 0.00000167. The van der Waals surface area contributed by atoms with Crippen molar-refractivity contribution in [3.63, 3.8) is 0 Å². The highest BCUT2D eigenvalue weighted by atomic mass is 16.4. The van der Waals surface area contributed by atoms with E-state index in [0.717, 1.165) is 34.0 Å². The van der Waals surface area contributed by atoms with Gasteiger partial charge in [0, 0.05) is 30.6 Å². The Hall–Kier alpha value is -3.92. The van der Waals surface area contributed by atoms with E-state index in [1.54, 1.807) is 6.08 Å². The lowest BCUT2D eigenvalue weighted by Crippen LogP contribution is -2.15. The summed E-state index contributed by atoms with van der Waals surface area (Å²) in [4.78, 5) is 10.9. The van der Waals surface area contributed by atoms with Crippen LogP contribution in [0.4, 0.5) is 5.69 Å². The minimum atomic E-state index is -0.959. The average Bonchev–Trinajstić information content (AvgIpc) is 2.88. The maximum Gasteiger partial charge on any atom is 0.328 e. The van der Waals surface area contributed by atoms with Crippen LogP contribution in [0, 0.1) is 11.3 Å². The second kappa shape index (κ2) is 12.5. The molecule has 1 aliphatic rings. The monoisotopic (exact) mass is 466 g/mol. The maximum absolute atomic E-state index is 10.9. The Bertz CT molecular complexity index is 1200. The molecule has 4 nitrogen and oxygen atoms in total. The van der Waals surface area contributed by atoms with Crippen molar-refractivity contribution in [1.29, 1.82) is 5.41 Å². The molecule has 0 spiro atoms. The molecule has 0 radical (unpaired) electrons. The number of carboxylic acids is 1. The van der Waals surface area contributed by atoms with Crippen molar-refractivity contribution < 1.29 is 9.90 Å². The standard InChI is InChI=1S/C29H28N2O2.C2H6/c1-31-26-16-15-24(18-25(26)19-30)29(23-13-10-20(11-14-23)12-17-27(32)33)28(22-8-5-9-22)21-6-3-2-4-7-21;1-2/h2-4,6-7,10-19,22,30-31H,5,8-9H2,1H3,(H,32,33);1-2H3/b17-12+,29-28-,30-19?;. The zero-order chi connectivity index (χ0) is 25.2. The highest BCUT2D eigenvalue weighted by molar-refractivity contribution is 6.01. The molecular weight excluding hydrogens is 432 g/mol. The summed E-state index contributed by atoms with van der Waals surface area (Å²) < 4.78 is 0. The van der Waals surface area contributed by atoms with E-state index < -0.39 is 5.97 Å².